The first-order chi connectivity index (χ1) is 13.7. The van der Waals surface area contributed by atoms with Gasteiger partial charge in [-0.1, -0.05) is 24.3 Å². The van der Waals surface area contributed by atoms with E-state index in [1.807, 2.05) is 54.6 Å². The van der Waals surface area contributed by atoms with Gasteiger partial charge in [0.15, 0.2) is 0 Å². The summed E-state index contributed by atoms with van der Waals surface area (Å²) < 4.78 is 0. The molecule has 3 heterocycles. The summed E-state index contributed by atoms with van der Waals surface area (Å²) in [6.07, 6.45) is 5.11. The van der Waals surface area contributed by atoms with E-state index in [0.717, 1.165) is 16.5 Å². The Morgan fingerprint density at radius 2 is 1.86 bits per heavy atom. The lowest BCUT2D eigenvalue weighted by atomic mass is 10.0. The Morgan fingerprint density at radius 3 is 2.64 bits per heavy atom. The number of hydrogen-bond acceptors (Lipinski definition) is 5. The van der Waals surface area contributed by atoms with Gasteiger partial charge in [0.25, 0.3) is 5.91 Å². The molecule has 0 aliphatic carbocycles. The number of nitrogens with one attached hydrogen (secondary N) is 1. The molecule has 0 aliphatic heterocycles. The number of nitrogens with zero attached hydrogens (tertiary/aromatic N) is 4. The molecule has 0 aliphatic rings. The van der Waals surface area contributed by atoms with Crippen LogP contribution >= 0.6 is 0 Å². The summed E-state index contributed by atoms with van der Waals surface area (Å²) in [4.78, 5) is 25.9. The fourth-order valence-corrected chi connectivity index (χ4v) is 2.85. The first-order valence-electron chi connectivity index (χ1n) is 8.78. The highest BCUT2D eigenvalue weighted by atomic mass is 16.2. The van der Waals surface area contributed by atoms with Crippen LogP contribution in [-0.4, -0.2) is 26.6 Å². The number of carbonyl (C=O) groups excluding carboxylic acids is 1. The molecule has 0 fully saturated rings. The maximum atomic E-state index is 12.9. The number of carbonyl (C=O) groups is 1. The average Bonchev–Trinajstić information content (AvgIpc) is 2.77. The van der Waals surface area contributed by atoms with Crippen molar-refractivity contribution in [3.8, 4) is 11.3 Å². The third-order valence-corrected chi connectivity index (χ3v) is 4.28. The molecule has 0 saturated heterocycles. The Balaban J connectivity index is 1.72. The van der Waals surface area contributed by atoms with Crippen LogP contribution in [0.1, 0.15) is 23.0 Å². The Labute approximate surface area is 162 Å². The number of amides is 1. The Kier molecular flexibility index (Phi) is 4.84. The van der Waals surface area contributed by atoms with E-state index in [4.69, 9.17) is 0 Å². The van der Waals surface area contributed by atoms with Crippen LogP contribution < -0.4 is 5.43 Å². The van der Waals surface area contributed by atoms with Crippen LogP contribution in [0.15, 0.2) is 84.4 Å². The predicted molar refractivity (Wildman–Crippen MR) is 109 cm³/mol. The number of para-hydroxylation sites is 1. The maximum Gasteiger partial charge on any atom is 0.272 e. The molecule has 0 unspecified atom stereocenters. The zero-order valence-electron chi connectivity index (χ0n) is 15.2. The lowest BCUT2D eigenvalue weighted by Gasteiger charge is -2.09. The normalized spacial score (nSPS) is 11.4. The van der Waals surface area contributed by atoms with Crippen molar-refractivity contribution in [3.05, 3.63) is 90.5 Å². The molecule has 6 heteroatoms. The third-order valence-electron chi connectivity index (χ3n) is 4.28. The van der Waals surface area contributed by atoms with Gasteiger partial charge in [-0.25, -0.2) is 10.4 Å². The Hall–Kier alpha value is -3.93. The van der Waals surface area contributed by atoms with Gasteiger partial charge in [-0.05, 0) is 43.3 Å². The van der Waals surface area contributed by atoms with Crippen LogP contribution in [0.3, 0.4) is 0 Å². The summed E-state index contributed by atoms with van der Waals surface area (Å²) >= 11 is 0. The summed E-state index contributed by atoms with van der Waals surface area (Å²) in [6.45, 7) is 1.80. The quantitative estimate of drug-likeness (QED) is 0.439. The summed E-state index contributed by atoms with van der Waals surface area (Å²) in [5.41, 5.74) is 6.73. The largest absolute Gasteiger partial charge is 0.272 e. The fourth-order valence-electron chi connectivity index (χ4n) is 2.85. The van der Waals surface area contributed by atoms with Gasteiger partial charge in [0.1, 0.15) is 0 Å². The molecule has 4 aromatic rings. The molecule has 0 saturated carbocycles. The van der Waals surface area contributed by atoms with E-state index in [-0.39, 0.29) is 5.91 Å². The van der Waals surface area contributed by atoms with Gasteiger partial charge in [0.2, 0.25) is 0 Å². The lowest BCUT2D eigenvalue weighted by molar-refractivity contribution is 0.0956. The fraction of sp³-hybridized carbons (Fsp3) is 0.0455. The van der Waals surface area contributed by atoms with Crippen molar-refractivity contribution in [3.63, 3.8) is 0 Å². The summed E-state index contributed by atoms with van der Waals surface area (Å²) in [5.74, 6) is -0.306. The molecule has 0 bridgehead atoms. The predicted octanol–water partition coefficient (Wildman–Crippen LogP) is 3.85. The van der Waals surface area contributed by atoms with Gasteiger partial charge in [0.05, 0.1) is 28.2 Å². The van der Waals surface area contributed by atoms with Gasteiger partial charge < -0.3 is 0 Å². The van der Waals surface area contributed by atoms with Crippen molar-refractivity contribution in [1.29, 1.82) is 0 Å². The number of hydrogen-bond donors (Lipinski definition) is 1. The minimum atomic E-state index is -0.306. The number of fused-ring (bicyclic) bond motifs is 1. The van der Waals surface area contributed by atoms with Crippen LogP contribution in [0, 0.1) is 0 Å². The zero-order valence-corrected chi connectivity index (χ0v) is 15.2. The zero-order chi connectivity index (χ0) is 19.3. The van der Waals surface area contributed by atoms with Gasteiger partial charge >= 0.3 is 0 Å². The average molecular weight is 367 g/mol. The van der Waals surface area contributed by atoms with E-state index in [2.05, 4.69) is 25.5 Å². The summed E-state index contributed by atoms with van der Waals surface area (Å²) in [6, 6.07) is 18.6. The second-order valence-electron chi connectivity index (χ2n) is 6.17. The standard InChI is InChI=1S/C22H17N5O/c1-15(19-9-4-5-12-24-19)26-27-22(28)18-13-21(16-7-6-11-23-14-16)25-20-10-3-2-8-17(18)20/h2-14H,1H3,(H,27,28)/b26-15-. The maximum absolute atomic E-state index is 12.9. The van der Waals surface area contributed by atoms with Crippen LogP contribution in [0.25, 0.3) is 22.2 Å². The minimum Gasteiger partial charge on any atom is -0.267 e. The molecular weight excluding hydrogens is 350 g/mol. The molecule has 4 rings (SSSR count). The van der Waals surface area contributed by atoms with Crippen LogP contribution in [-0.2, 0) is 0 Å². The molecule has 0 spiro atoms. The monoisotopic (exact) mass is 367 g/mol. The van der Waals surface area contributed by atoms with Crippen molar-refractivity contribution in [2.24, 2.45) is 5.10 Å². The Morgan fingerprint density at radius 1 is 1.00 bits per heavy atom. The lowest BCUT2D eigenvalue weighted by Crippen LogP contribution is -2.20. The van der Waals surface area contributed by atoms with Crippen molar-refractivity contribution < 1.29 is 4.79 Å². The number of hydrazone groups is 1. The molecule has 1 aromatic carbocycles. The second-order valence-corrected chi connectivity index (χ2v) is 6.17. The van der Waals surface area contributed by atoms with Crippen LogP contribution in [0.2, 0.25) is 0 Å². The van der Waals surface area contributed by atoms with E-state index in [1.165, 1.54) is 0 Å². The smallest absolute Gasteiger partial charge is 0.267 e. The van der Waals surface area contributed by atoms with Crippen molar-refractivity contribution in [2.75, 3.05) is 0 Å². The van der Waals surface area contributed by atoms with Crippen molar-refractivity contribution in [2.45, 2.75) is 6.92 Å². The van der Waals surface area contributed by atoms with Gasteiger partial charge in [-0.3, -0.25) is 14.8 Å². The van der Waals surface area contributed by atoms with E-state index in [1.54, 1.807) is 31.6 Å². The van der Waals surface area contributed by atoms with E-state index >= 15 is 0 Å². The molecule has 6 nitrogen and oxygen atoms in total. The first-order valence-corrected chi connectivity index (χ1v) is 8.78. The summed E-state index contributed by atoms with van der Waals surface area (Å²) in [5, 5.41) is 4.96. The highest BCUT2D eigenvalue weighted by Crippen LogP contribution is 2.24. The molecule has 1 N–H and O–H groups in total. The molecule has 1 amide bonds. The second kappa shape index (κ2) is 7.75. The topological polar surface area (TPSA) is 80.1 Å². The van der Waals surface area contributed by atoms with E-state index < -0.39 is 0 Å². The van der Waals surface area contributed by atoms with E-state index in [9.17, 15) is 4.79 Å². The molecule has 3 aromatic heterocycles. The van der Waals surface area contributed by atoms with Gasteiger partial charge in [-0.15, -0.1) is 0 Å². The van der Waals surface area contributed by atoms with Gasteiger partial charge in [0, 0.05) is 29.5 Å². The highest BCUT2D eigenvalue weighted by Gasteiger charge is 2.14. The van der Waals surface area contributed by atoms with Gasteiger partial charge in [-0.2, -0.15) is 5.10 Å². The summed E-state index contributed by atoms with van der Waals surface area (Å²) in [7, 11) is 0. The van der Waals surface area contributed by atoms with Crippen LogP contribution in [0.4, 0.5) is 0 Å². The SMILES string of the molecule is C/C(=N/NC(=O)c1cc(-c2cccnc2)nc2ccccc12)c1ccccn1. The molecule has 136 valence electrons. The number of rotatable bonds is 4. The molecule has 28 heavy (non-hydrogen) atoms. The Bertz CT molecular complexity index is 1160. The first kappa shape index (κ1) is 17.5. The number of aromatic nitrogens is 3. The minimum absolute atomic E-state index is 0.306. The van der Waals surface area contributed by atoms with E-state index in [0.29, 0.717) is 22.7 Å². The third kappa shape index (κ3) is 3.61. The van der Waals surface area contributed by atoms with Crippen molar-refractivity contribution in [1.82, 2.24) is 20.4 Å². The highest BCUT2D eigenvalue weighted by molar-refractivity contribution is 6.08. The number of pyridine rings is 3. The molecule has 0 atom stereocenters. The van der Waals surface area contributed by atoms with Crippen LogP contribution in [0.5, 0.6) is 0 Å². The number of benzene rings is 1. The van der Waals surface area contributed by atoms with Crippen molar-refractivity contribution >= 4 is 22.5 Å². The molecule has 0 radical (unpaired) electrons. The molecular formula is C22H17N5O.